The number of pyridine rings is 1. The van der Waals surface area contributed by atoms with Gasteiger partial charge in [0, 0.05) is 57.1 Å². The second kappa shape index (κ2) is 9.12. The molecule has 1 saturated heterocycles. The van der Waals surface area contributed by atoms with E-state index in [-0.39, 0.29) is 0 Å². The van der Waals surface area contributed by atoms with Crippen molar-refractivity contribution in [2.75, 3.05) is 45.3 Å². The van der Waals surface area contributed by atoms with Crippen LogP contribution in [-0.4, -0.2) is 60.3 Å². The molecule has 0 amide bonds. The van der Waals surface area contributed by atoms with Crippen LogP contribution in [0, 0.1) is 0 Å². The molecular formula is C25H29N5O2. The summed E-state index contributed by atoms with van der Waals surface area (Å²) in [4.78, 5) is 18.4. The average molecular weight is 432 g/mol. The van der Waals surface area contributed by atoms with E-state index in [0.717, 1.165) is 66.9 Å². The molecule has 32 heavy (non-hydrogen) atoms. The van der Waals surface area contributed by atoms with E-state index in [1.165, 1.54) is 5.56 Å². The molecule has 7 heteroatoms. The van der Waals surface area contributed by atoms with Crippen LogP contribution in [0.2, 0.25) is 0 Å². The molecule has 2 aliphatic heterocycles. The summed E-state index contributed by atoms with van der Waals surface area (Å²) in [5.74, 6) is 3.78. The molecule has 0 radical (unpaired) electrons. The summed E-state index contributed by atoms with van der Waals surface area (Å²) in [6.45, 7) is 4.21. The molecule has 5 rings (SSSR count). The van der Waals surface area contributed by atoms with Gasteiger partial charge in [0.1, 0.15) is 19.0 Å². The quantitative estimate of drug-likeness (QED) is 0.610. The molecule has 1 atom stereocenters. The van der Waals surface area contributed by atoms with Gasteiger partial charge >= 0.3 is 0 Å². The lowest BCUT2D eigenvalue weighted by molar-refractivity contribution is 0.170. The van der Waals surface area contributed by atoms with Crippen molar-refractivity contribution in [2.24, 2.45) is 0 Å². The molecule has 4 heterocycles. The van der Waals surface area contributed by atoms with Crippen LogP contribution >= 0.6 is 0 Å². The normalized spacial score (nSPS) is 18.4. The zero-order chi connectivity index (χ0) is 21.9. The minimum absolute atomic E-state index is 0.378. The summed E-state index contributed by atoms with van der Waals surface area (Å²) >= 11 is 0. The number of nitrogens with zero attached hydrogens (tertiary/aromatic N) is 5. The lowest BCUT2D eigenvalue weighted by Crippen LogP contribution is -2.34. The molecular weight excluding hydrogens is 402 g/mol. The maximum Gasteiger partial charge on any atom is 0.161 e. The smallest absolute Gasteiger partial charge is 0.161 e. The van der Waals surface area contributed by atoms with E-state index in [9.17, 15) is 0 Å². The Kier molecular flexibility index (Phi) is 5.90. The summed E-state index contributed by atoms with van der Waals surface area (Å²) in [5, 5.41) is 0. The topological polar surface area (TPSA) is 63.6 Å². The van der Waals surface area contributed by atoms with Crippen molar-refractivity contribution in [3.63, 3.8) is 0 Å². The Morgan fingerprint density at radius 3 is 2.62 bits per heavy atom. The van der Waals surface area contributed by atoms with Crippen molar-refractivity contribution in [1.29, 1.82) is 0 Å². The number of fused-ring (bicyclic) bond motifs is 1. The highest BCUT2D eigenvalue weighted by Gasteiger charge is 2.24. The molecule has 3 aromatic rings. The van der Waals surface area contributed by atoms with Crippen LogP contribution in [-0.2, 0) is 6.54 Å². The first kappa shape index (κ1) is 20.7. The van der Waals surface area contributed by atoms with Crippen LogP contribution in [0.15, 0.2) is 48.8 Å². The van der Waals surface area contributed by atoms with Gasteiger partial charge in [0.05, 0.1) is 5.69 Å². The predicted molar refractivity (Wildman–Crippen MR) is 124 cm³/mol. The number of rotatable bonds is 5. The van der Waals surface area contributed by atoms with Crippen LogP contribution in [0.25, 0.3) is 11.4 Å². The lowest BCUT2D eigenvalue weighted by atomic mass is 9.93. The van der Waals surface area contributed by atoms with Gasteiger partial charge < -0.3 is 14.4 Å². The van der Waals surface area contributed by atoms with Crippen molar-refractivity contribution in [1.82, 2.24) is 19.9 Å². The minimum Gasteiger partial charge on any atom is -0.486 e. The van der Waals surface area contributed by atoms with Gasteiger partial charge in [-0.25, -0.2) is 9.97 Å². The van der Waals surface area contributed by atoms with Gasteiger partial charge in [-0.15, -0.1) is 0 Å². The van der Waals surface area contributed by atoms with Crippen molar-refractivity contribution < 1.29 is 9.47 Å². The Labute approximate surface area is 189 Å². The van der Waals surface area contributed by atoms with Gasteiger partial charge in [0.15, 0.2) is 17.3 Å². The number of hydrogen-bond acceptors (Lipinski definition) is 7. The van der Waals surface area contributed by atoms with Gasteiger partial charge in [-0.05, 0) is 49.2 Å². The van der Waals surface area contributed by atoms with Crippen LogP contribution in [0.3, 0.4) is 0 Å². The van der Waals surface area contributed by atoms with Crippen molar-refractivity contribution in [2.45, 2.75) is 25.3 Å². The van der Waals surface area contributed by atoms with E-state index in [1.54, 1.807) is 12.4 Å². The number of hydrogen-bond donors (Lipinski definition) is 0. The molecule has 7 nitrogen and oxygen atoms in total. The van der Waals surface area contributed by atoms with Gasteiger partial charge in [-0.2, -0.15) is 0 Å². The second-order valence-electron chi connectivity index (χ2n) is 8.66. The maximum absolute atomic E-state index is 5.76. The monoisotopic (exact) mass is 431 g/mol. The molecule has 0 saturated carbocycles. The predicted octanol–water partition coefficient (Wildman–Crippen LogP) is 3.76. The summed E-state index contributed by atoms with van der Waals surface area (Å²) < 4.78 is 11.4. The van der Waals surface area contributed by atoms with Crippen molar-refractivity contribution in [3.8, 4) is 22.9 Å². The molecule has 0 bridgehead atoms. The van der Waals surface area contributed by atoms with E-state index >= 15 is 0 Å². The highest BCUT2D eigenvalue weighted by Crippen LogP contribution is 2.33. The molecule has 166 valence electrons. The highest BCUT2D eigenvalue weighted by molar-refractivity contribution is 5.57. The van der Waals surface area contributed by atoms with Gasteiger partial charge in [0.25, 0.3) is 0 Å². The first-order valence-electron chi connectivity index (χ1n) is 11.2. The molecule has 1 aromatic carbocycles. The summed E-state index contributed by atoms with van der Waals surface area (Å²) in [6, 6.07) is 12.4. The van der Waals surface area contributed by atoms with Gasteiger partial charge in [-0.3, -0.25) is 9.88 Å². The van der Waals surface area contributed by atoms with E-state index in [0.29, 0.717) is 19.1 Å². The Balaban J connectivity index is 1.36. The zero-order valence-electron chi connectivity index (χ0n) is 18.7. The molecule has 1 fully saturated rings. The standard InChI is InChI=1S/C25H29N5O2/c1-29(2)24-15-21(27-25(28-24)19-7-9-26-10-8-19)20-4-3-11-30(17-20)16-18-5-6-22-23(14-18)32-13-12-31-22/h5-10,14-15,20H,3-4,11-13,16-17H2,1-2H3/t20-/m1/s1. The fourth-order valence-electron chi connectivity index (χ4n) is 4.41. The van der Waals surface area contributed by atoms with Crippen LogP contribution in [0.5, 0.6) is 11.5 Å². The number of piperidine rings is 1. The Bertz CT molecular complexity index is 1070. The van der Waals surface area contributed by atoms with Crippen molar-refractivity contribution >= 4 is 5.82 Å². The lowest BCUT2D eigenvalue weighted by Gasteiger charge is -2.33. The fraction of sp³-hybridized carbons (Fsp3) is 0.400. The third kappa shape index (κ3) is 4.53. The van der Waals surface area contributed by atoms with Gasteiger partial charge in [0.2, 0.25) is 0 Å². The summed E-state index contributed by atoms with van der Waals surface area (Å²) in [7, 11) is 4.05. The second-order valence-corrected chi connectivity index (χ2v) is 8.66. The number of benzene rings is 1. The maximum atomic E-state index is 5.76. The van der Waals surface area contributed by atoms with Crippen LogP contribution in [0.1, 0.15) is 30.0 Å². The molecule has 0 N–H and O–H groups in total. The average Bonchev–Trinajstić information content (AvgIpc) is 2.84. The molecule has 2 aliphatic rings. The molecule has 0 unspecified atom stereocenters. The number of likely N-dealkylation sites (tertiary alicyclic amines) is 1. The molecule has 0 spiro atoms. The SMILES string of the molecule is CN(C)c1cc([C@@H]2CCCN(Cc3ccc4c(c3)OCCO4)C2)nc(-c2ccncc2)n1. The van der Waals surface area contributed by atoms with Crippen molar-refractivity contribution in [3.05, 3.63) is 60.0 Å². The number of anilines is 1. The Morgan fingerprint density at radius 2 is 1.81 bits per heavy atom. The third-order valence-corrected chi connectivity index (χ3v) is 6.07. The number of ether oxygens (including phenoxy) is 2. The first-order valence-corrected chi connectivity index (χ1v) is 11.2. The molecule has 0 aliphatic carbocycles. The largest absolute Gasteiger partial charge is 0.486 e. The van der Waals surface area contributed by atoms with Crippen LogP contribution < -0.4 is 14.4 Å². The Hall–Kier alpha value is -3.19. The third-order valence-electron chi connectivity index (χ3n) is 6.07. The Morgan fingerprint density at radius 1 is 1.00 bits per heavy atom. The fourth-order valence-corrected chi connectivity index (χ4v) is 4.41. The zero-order valence-corrected chi connectivity index (χ0v) is 18.7. The minimum atomic E-state index is 0.378. The first-order chi connectivity index (χ1) is 15.7. The van der Waals surface area contributed by atoms with E-state index < -0.39 is 0 Å². The van der Waals surface area contributed by atoms with Gasteiger partial charge in [-0.1, -0.05) is 6.07 Å². The summed E-state index contributed by atoms with van der Waals surface area (Å²) in [5.41, 5.74) is 3.36. The van der Waals surface area contributed by atoms with E-state index in [2.05, 4.69) is 28.1 Å². The molecule has 2 aromatic heterocycles. The van der Waals surface area contributed by atoms with E-state index in [4.69, 9.17) is 19.4 Å². The highest BCUT2D eigenvalue weighted by atomic mass is 16.6. The van der Waals surface area contributed by atoms with Crippen LogP contribution in [0.4, 0.5) is 5.82 Å². The summed E-state index contributed by atoms with van der Waals surface area (Å²) in [6.07, 6.45) is 5.87. The van der Waals surface area contributed by atoms with E-state index in [1.807, 2.05) is 37.2 Å². The number of aromatic nitrogens is 3.